The van der Waals surface area contributed by atoms with E-state index in [4.69, 9.17) is 5.73 Å². The van der Waals surface area contributed by atoms with Gasteiger partial charge in [0, 0.05) is 11.4 Å². The van der Waals surface area contributed by atoms with Crippen LogP contribution >= 0.6 is 11.8 Å². The number of H-pyrrole nitrogens is 1. The van der Waals surface area contributed by atoms with Crippen molar-refractivity contribution in [2.45, 2.75) is 24.4 Å². The molecule has 1 fully saturated rings. The van der Waals surface area contributed by atoms with Crippen molar-refractivity contribution in [2.75, 3.05) is 31.1 Å². The number of benzene rings is 1. The third kappa shape index (κ3) is 3.22. The summed E-state index contributed by atoms with van der Waals surface area (Å²) in [5, 5.41) is 1.00. The Morgan fingerprint density at radius 1 is 1.32 bits per heavy atom. The summed E-state index contributed by atoms with van der Waals surface area (Å²) in [5.74, 6) is 1.12. The van der Waals surface area contributed by atoms with Gasteiger partial charge < -0.3 is 15.6 Å². The first-order valence-electron chi connectivity index (χ1n) is 6.92. The van der Waals surface area contributed by atoms with Crippen LogP contribution in [0, 0.1) is 0 Å². The number of thioether (sulfide) groups is 1. The molecule has 5 heteroatoms. The Morgan fingerprint density at radius 3 is 3.00 bits per heavy atom. The minimum Gasteiger partial charge on any atom is -0.399 e. The van der Waals surface area contributed by atoms with Gasteiger partial charge in [0.25, 0.3) is 0 Å². The molecule has 2 heterocycles. The number of fused-ring (bicyclic) bond motifs is 1. The molecule has 0 saturated carbocycles. The highest BCUT2D eigenvalue weighted by molar-refractivity contribution is 7.99. The predicted octanol–water partition coefficient (Wildman–Crippen LogP) is 2.72. The molecule has 0 atom stereocenters. The Hall–Kier alpha value is -1.20. The van der Waals surface area contributed by atoms with Gasteiger partial charge in [-0.3, -0.25) is 0 Å². The number of nitrogens with two attached hydrogens (primary N) is 1. The van der Waals surface area contributed by atoms with Crippen molar-refractivity contribution in [3.8, 4) is 0 Å². The zero-order valence-corrected chi connectivity index (χ0v) is 11.9. The highest BCUT2D eigenvalue weighted by Gasteiger charge is 2.10. The average molecular weight is 276 g/mol. The van der Waals surface area contributed by atoms with E-state index in [0.717, 1.165) is 27.6 Å². The molecule has 1 aliphatic rings. The number of nitrogens with one attached hydrogen (secondary N) is 1. The number of nitrogens with zero attached hydrogens (tertiary/aromatic N) is 2. The molecule has 0 unspecified atom stereocenters. The van der Waals surface area contributed by atoms with E-state index in [0.29, 0.717) is 0 Å². The van der Waals surface area contributed by atoms with Crippen LogP contribution in [0.2, 0.25) is 0 Å². The first kappa shape index (κ1) is 12.8. The number of anilines is 1. The fourth-order valence-electron chi connectivity index (χ4n) is 2.54. The molecule has 3 rings (SSSR count). The molecule has 4 nitrogen and oxygen atoms in total. The van der Waals surface area contributed by atoms with E-state index in [-0.39, 0.29) is 0 Å². The Labute approximate surface area is 117 Å². The molecule has 0 aliphatic carbocycles. The molecule has 1 aliphatic heterocycles. The zero-order valence-electron chi connectivity index (χ0n) is 11.1. The molecule has 1 aromatic heterocycles. The van der Waals surface area contributed by atoms with Gasteiger partial charge >= 0.3 is 0 Å². The lowest BCUT2D eigenvalue weighted by Gasteiger charge is -2.13. The molecule has 1 aromatic carbocycles. The van der Waals surface area contributed by atoms with Crippen molar-refractivity contribution >= 4 is 28.5 Å². The van der Waals surface area contributed by atoms with Gasteiger partial charge in [-0.2, -0.15) is 0 Å². The monoisotopic (exact) mass is 276 g/mol. The zero-order chi connectivity index (χ0) is 13.1. The van der Waals surface area contributed by atoms with Crippen LogP contribution in [0.25, 0.3) is 11.0 Å². The van der Waals surface area contributed by atoms with E-state index in [9.17, 15) is 0 Å². The van der Waals surface area contributed by atoms with Crippen LogP contribution in [-0.2, 0) is 0 Å². The maximum atomic E-state index is 5.76. The third-order valence-electron chi connectivity index (χ3n) is 3.54. The number of imidazole rings is 1. The summed E-state index contributed by atoms with van der Waals surface area (Å²) in [6.45, 7) is 3.79. The van der Waals surface area contributed by atoms with E-state index in [1.54, 1.807) is 11.8 Å². The van der Waals surface area contributed by atoms with Gasteiger partial charge in [0.15, 0.2) is 5.16 Å². The maximum Gasteiger partial charge on any atom is 0.166 e. The van der Waals surface area contributed by atoms with E-state index in [1.807, 2.05) is 18.2 Å². The van der Waals surface area contributed by atoms with Crippen molar-refractivity contribution in [3.05, 3.63) is 18.2 Å². The Morgan fingerprint density at radius 2 is 2.16 bits per heavy atom. The number of rotatable bonds is 5. The second-order valence-corrected chi connectivity index (χ2v) is 6.15. The maximum absolute atomic E-state index is 5.76. The Bertz CT molecular complexity index is 545. The second-order valence-electron chi connectivity index (χ2n) is 5.07. The number of likely N-dealkylation sites (tertiary alicyclic amines) is 1. The standard InChI is InChI=1S/C14H20N4S/c15-11-4-5-12-13(10-11)17-14(16-12)19-9-3-8-18-6-1-2-7-18/h4-5,10H,1-3,6-9,15H2,(H,16,17). The first-order valence-corrected chi connectivity index (χ1v) is 7.90. The van der Waals surface area contributed by atoms with Gasteiger partial charge in [0.2, 0.25) is 0 Å². The fraction of sp³-hybridized carbons (Fsp3) is 0.500. The third-order valence-corrected chi connectivity index (χ3v) is 4.50. The average Bonchev–Trinajstić information content (AvgIpc) is 3.02. The number of aromatic nitrogens is 2. The normalized spacial score (nSPS) is 16.4. The summed E-state index contributed by atoms with van der Waals surface area (Å²) in [5.41, 5.74) is 8.57. The second kappa shape index (κ2) is 5.84. The van der Waals surface area contributed by atoms with Gasteiger partial charge in [-0.15, -0.1) is 0 Å². The van der Waals surface area contributed by atoms with E-state index in [1.165, 1.54) is 38.9 Å². The molecular formula is C14H20N4S. The number of hydrogen-bond acceptors (Lipinski definition) is 4. The Balaban J connectivity index is 1.50. The van der Waals surface area contributed by atoms with E-state index >= 15 is 0 Å². The van der Waals surface area contributed by atoms with Gasteiger partial charge in [-0.1, -0.05) is 11.8 Å². The summed E-state index contributed by atoms with van der Waals surface area (Å²) in [4.78, 5) is 10.4. The lowest BCUT2D eigenvalue weighted by Crippen LogP contribution is -2.20. The van der Waals surface area contributed by atoms with Crippen molar-refractivity contribution in [1.82, 2.24) is 14.9 Å². The Kier molecular flexibility index (Phi) is 3.94. The minimum absolute atomic E-state index is 0.779. The van der Waals surface area contributed by atoms with Crippen molar-refractivity contribution in [3.63, 3.8) is 0 Å². The highest BCUT2D eigenvalue weighted by Crippen LogP contribution is 2.21. The minimum atomic E-state index is 0.779. The molecule has 1 saturated heterocycles. The van der Waals surface area contributed by atoms with E-state index in [2.05, 4.69) is 14.9 Å². The van der Waals surface area contributed by atoms with Crippen LogP contribution < -0.4 is 5.73 Å². The molecule has 2 aromatic rings. The number of hydrogen-bond donors (Lipinski definition) is 2. The first-order chi connectivity index (χ1) is 9.31. The largest absolute Gasteiger partial charge is 0.399 e. The smallest absolute Gasteiger partial charge is 0.166 e. The summed E-state index contributed by atoms with van der Waals surface area (Å²) in [6, 6.07) is 5.80. The van der Waals surface area contributed by atoms with Crippen molar-refractivity contribution in [2.24, 2.45) is 0 Å². The SMILES string of the molecule is Nc1ccc2nc(SCCCN3CCCC3)[nH]c2c1. The topological polar surface area (TPSA) is 57.9 Å². The summed E-state index contributed by atoms with van der Waals surface area (Å²) in [6.07, 6.45) is 3.97. The lowest BCUT2D eigenvalue weighted by molar-refractivity contribution is 0.341. The molecule has 0 amide bonds. The van der Waals surface area contributed by atoms with Crippen LogP contribution in [0.15, 0.2) is 23.4 Å². The predicted molar refractivity (Wildman–Crippen MR) is 81.5 cm³/mol. The summed E-state index contributed by atoms with van der Waals surface area (Å²) >= 11 is 1.80. The van der Waals surface area contributed by atoms with Gasteiger partial charge in [-0.25, -0.2) is 4.98 Å². The van der Waals surface area contributed by atoms with Crippen LogP contribution in [0.1, 0.15) is 19.3 Å². The molecule has 0 bridgehead atoms. The lowest BCUT2D eigenvalue weighted by atomic mass is 10.3. The molecule has 102 valence electrons. The van der Waals surface area contributed by atoms with Crippen LogP contribution in [0.4, 0.5) is 5.69 Å². The van der Waals surface area contributed by atoms with Gasteiger partial charge in [0.05, 0.1) is 11.0 Å². The number of aromatic amines is 1. The molecule has 0 radical (unpaired) electrons. The molecule has 19 heavy (non-hydrogen) atoms. The van der Waals surface area contributed by atoms with Crippen LogP contribution in [-0.4, -0.2) is 40.3 Å². The summed E-state index contributed by atoms with van der Waals surface area (Å²) < 4.78 is 0. The van der Waals surface area contributed by atoms with Gasteiger partial charge in [-0.05, 0) is 57.1 Å². The summed E-state index contributed by atoms with van der Waals surface area (Å²) in [7, 11) is 0. The molecule has 0 spiro atoms. The quantitative estimate of drug-likeness (QED) is 0.501. The fourth-order valence-corrected chi connectivity index (χ4v) is 3.35. The van der Waals surface area contributed by atoms with Crippen molar-refractivity contribution < 1.29 is 0 Å². The van der Waals surface area contributed by atoms with E-state index < -0.39 is 0 Å². The molecular weight excluding hydrogens is 256 g/mol. The van der Waals surface area contributed by atoms with Crippen molar-refractivity contribution in [1.29, 1.82) is 0 Å². The van der Waals surface area contributed by atoms with Gasteiger partial charge in [0.1, 0.15) is 0 Å². The van der Waals surface area contributed by atoms with Crippen LogP contribution in [0.3, 0.4) is 0 Å². The molecule has 3 N–H and O–H groups in total. The highest BCUT2D eigenvalue weighted by atomic mass is 32.2. The number of nitrogen functional groups attached to an aromatic ring is 1. The van der Waals surface area contributed by atoms with Crippen LogP contribution in [0.5, 0.6) is 0 Å².